The quantitative estimate of drug-likeness (QED) is 0.501. The highest BCUT2D eigenvalue weighted by Crippen LogP contribution is 2.29. The van der Waals surface area contributed by atoms with Crippen LogP contribution >= 0.6 is 15.9 Å². The number of nitrogens with two attached hydrogens (primary N) is 1. The molecular formula is C23H30BrN5O. The molecule has 0 spiro atoms. The first-order valence-corrected chi connectivity index (χ1v) is 11.6. The number of aromatic nitrogens is 3. The number of ether oxygens (including phenoxy) is 1. The normalized spacial score (nSPS) is 15.7. The van der Waals surface area contributed by atoms with Crippen molar-refractivity contribution < 1.29 is 4.74 Å². The Bertz CT molecular complexity index is 1010. The van der Waals surface area contributed by atoms with Gasteiger partial charge in [0.1, 0.15) is 5.82 Å². The van der Waals surface area contributed by atoms with E-state index in [2.05, 4.69) is 61.6 Å². The first-order chi connectivity index (χ1) is 14.5. The minimum Gasteiger partial charge on any atom is -0.460 e. The van der Waals surface area contributed by atoms with Crippen LogP contribution in [0.3, 0.4) is 0 Å². The van der Waals surface area contributed by atoms with Gasteiger partial charge < -0.3 is 15.0 Å². The second-order valence-electron chi connectivity index (χ2n) is 8.20. The van der Waals surface area contributed by atoms with Gasteiger partial charge in [-0.15, -0.1) is 0 Å². The lowest BCUT2D eigenvalue weighted by Crippen LogP contribution is -2.18. The Labute approximate surface area is 186 Å². The standard InChI is InChI=1S/C23H30BrN5O/c1-3-7-16(2)30-23-26-21(25)19-13-20(24)29(22(19)27-23)15-18-9-6-8-17(12-18)14-28-10-4-5-11-28/h6,8-9,12-13,16H,3-5,7,10-11,14-15H2,1-2H3,(H2,25,26,27). The van der Waals surface area contributed by atoms with Crippen molar-refractivity contribution in [2.45, 2.75) is 58.7 Å². The van der Waals surface area contributed by atoms with E-state index in [0.29, 0.717) is 18.4 Å². The van der Waals surface area contributed by atoms with Crippen molar-refractivity contribution in [1.82, 2.24) is 19.4 Å². The predicted molar refractivity (Wildman–Crippen MR) is 125 cm³/mol. The topological polar surface area (TPSA) is 69.2 Å². The molecule has 2 aromatic heterocycles. The zero-order chi connectivity index (χ0) is 21.1. The number of nitrogen functional groups attached to an aromatic ring is 1. The summed E-state index contributed by atoms with van der Waals surface area (Å²) in [5, 5.41) is 0.839. The maximum absolute atomic E-state index is 6.23. The van der Waals surface area contributed by atoms with Gasteiger partial charge in [0.2, 0.25) is 0 Å². The van der Waals surface area contributed by atoms with Crippen molar-refractivity contribution >= 4 is 32.8 Å². The smallest absolute Gasteiger partial charge is 0.320 e. The van der Waals surface area contributed by atoms with Crippen LogP contribution in [0, 0.1) is 0 Å². The van der Waals surface area contributed by atoms with Gasteiger partial charge in [0.05, 0.1) is 22.6 Å². The van der Waals surface area contributed by atoms with E-state index in [1.807, 2.05) is 13.0 Å². The number of nitrogens with zero attached hydrogens (tertiary/aromatic N) is 4. The van der Waals surface area contributed by atoms with Gasteiger partial charge in [0.15, 0.2) is 5.65 Å². The molecule has 1 aliphatic rings. The highest BCUT2D eigenvalue weighted by Gasteiger charge is 2.17. The van der Waals surface area contributed by atoms with Crippen molar-refractivity contribution in [3.63, 3.8) is 0 Å². The SMILES string of the molecule is CCCC(C)Oc1nc(N)c2cc(Br)n(Cc3cccc(CN4CCCC4)c3)c2n1. The summed E-state index contributed by atoms with van der Waals surface area (Å²) in [5.41, 5.74) is 9.61. The molecule has 1 aromatic carbocycles. The number of hydrogen-bond acceptors (Lipinski definition) is 5. The van der Waals surface area contributed by atoms with Crippen LogP contribution in [0.5, 0.6) is 6.01 Å². The molecule has 1 saturated heterocycles. The van der Waals surface area contributed by atoms with E-state index < -0.39 is 0 Å². The van der Waals surface area contributed by atoms with Crippen LogP contribution in [0.15, 0.2) is 34.9 Å². The van der Waals surface area contributed by atoms with Gasteiger partial charge >= 0.3 is 6.01 Å². The van der Waals surface area contributed by atoms with Crippen molar-refractivity contribution in [2.75, 3.05) is 18.8 Å². The zero-order valence-electron chi connectivity index (χ0n) is 17.8. The van der Waals surface area contributed by atoms with E-state index in [0.717, 1.165) is 35.0 Å². The Morgan fingerprint density at radius 3 is 2.60 bits per heavy atom. The molecule has 0 bridgehead atoms. The summed E-state index contributed by atoms with van der Waals surface area (Å²) in [6, 6.07) is 11.1. The fourth-order valence-electron chi connectivity index (χ4n) is 4.15. The van der Waals surface area contributed by atoms with E-state index in [4.69, 9.17) is 15.5 Å². The Morgan fingerprint density at radius 1 is 1.13 bits per heavy atom. The minimum atomic E-state index is 0.0565. The second-order valence-corrected chi connectivity index (χ2v) is 9.01. The van der Waals surface area contributed by atoms with Crippen molar-refractivity contribution in [3.05, 3.63) is 46.1 Å². The highest BCUT2D eigenvalue weighted by molar-refractivity contribution is 9.10. The average molecular weight is 472 g/mol. The fraction of sp³-hybridized carbons (Fsp3) is 0.478. The van der Waals surface area contributed by atoms with Crippen LogP contribution in [-0.2, 0) is 13.1 Å². The van der Waals surface area contributed by atoms with E-state index in [1.54, 1.807) is 0 Å². The molecule has 2 N–H and O–H groups in total. The molecule has 0 radical (unpaired) electrons. The minimum absolute atomic E-state index is 0.0565. The zero-order valence-corrected chi connectivity index (χ0v) is 19.4. The van der Waals surface area contributed by atoms with Gasteiger partial charge in [0, 0.05) is 6.54 Å². The Balaban J connectivity index is 1.60. The van der Waals surface area contributed by atoms with Crippen molar-refractivity contribution in [3.8, 4) is 6.01 Å². The summed E-state index contributed by atoms with van der Waals surface area (Å²) in [6.07, 6.45) is 4.68. The molecule has 1 atom stereocenters. The third-order valence-corrected chi connectivity index (χ3v) is 6.31. The van der Waals surface area contributed by atoms with Crippen LogP contribution in [0.1, 0.15) is 50.7 Å². The second kappa shape index (κ2) is 9.35. The molecule has 160 valence electrons. The monoisotopic (exact) mass is 471 g/mol. The van der Waals surface area contributed by atoms with Gasteiger partial charge in [-0.3, -0.25) is 4.90 Å². The van der Waals surface area contributed by atoms with Crippen molar-refractivity contribution in [2.24, 2.45) is 0 Å². The number of benzene rings is 1. The van der Waals surface area contributed by atoms with Gasteiger partial charge in [-0.1, -0.05) is 37.6 Å². The summed E-state index contributed by atoms with van der Waals surface area (Å²) in [7, 11) is 0. The molecular weight excluding hydrogens is 442 g/mol. The van der Waals surface area contributed by atoms with Crippen molar-refractivity contribution in [1.29, 1.82) is 0 Å². The molecule has 3 heterocycles. The highest BCUT2D eigenvalue weighted by atomic mass is 79.9. The summed E-state index contributed by atoms with van der Waals surface area (Å²) < 4.78 is 8.97. The average Bonchev–Trinajstić information content (AvgIpc) is 3.31. The Morgan fingerprint density at radius 2 is 1.87 bits per heavy atom. The van der Waals surface area contributed by atoms with Gasteiger partial charge in [-0.25, -0.2) is 0 Å². The maximum atomic E-state index is 6.23. The van der Waals surface area contributed by atoms with Gasteiger partial charge in [-0.2, -0.15) is 9.97 Å². The van der Waals surface area contributed by atoms with E-state index in [-0.39, 0.29) is 6.10 Å². The van der Waals surface area contributed by atoms with Crippen LogP contribution in [0.25, 0.3) is 11.0 Å². The number of anilines is 1. The molecule has 7 heteroatoms. The Hall–Kier alpha value is -2.12. The van der Waals surface area contributed by atoms with Crippen LogP contribution < -0.4 is 10.5 Å². The first-order valence-electron chi connectivity index (χ1n) is 10.8. The molecule has 0 aliphatic carbocycles. The summed E-state index contributed by atoms with van der Waals surface area (Å²) in [6.45, 7) is 8.30. The molecule has 6 nitrogen and oxygen atoms in total. The molecule has 1 unspecified atom stereocenters. The predicted octanol–water partition coefficient (Wildman–Crippen LogP) is 4.99. The Kier molecular flexibility index (Phi) is 6.58. The number of rotatable bonds is 8. The number of hydrogen-bond donors (Lipinski definition) is 1. The maximum Gasteiger partial charge on any atom is 0.320 e. The van der Waals surface area contributed by atoms with Crippen LogP contribution in [0.2, 0.25) is 0 Å². The summed E-state index contributed by atoms with van der Waals surface area (Å²) in [5.74, 6) is 0.445. The number of halogens is 1. The van der Waals surface area contributed by atoms with Crippen LogP contribution in [0.4, 0.5) is 5.82 Å². The molecule has 4 rings (SSSR count). The van der Waals surface area contributed by atoms with E-state index in [9.17, 15) is 0 Å². The van der Waals surface area contributed by atoms with E-state index >= 15 is 0 Å². The first kappa shape index (κ1) is 21.1. The largest absolute Gasteiger partial charge is 0.460 e. The van der Waals surface area contributed by atoms with E-state index in [1.165, 1.54) is 37.1 Å². The molecule has 1 fully saturated rings. The summed E-state index contributed by atoms with van der Waals surface area (Å²) >= 11 is 3.68. The number of likely N-dealkylation sites (tertiary alicyclic amines) is 1. The lowest BCUT2D eigenvalue weighted by Gasteiger charge is -2.16. The summed E-state index contributed by atoms with van der Waals surface area (Å²) in [4.78, 5) is 11.6. The third-order valence-electron chi connectivity index (χ3n) is 5.65. The van der Waals surface area contributed by atoms with Gasteiger partial charge in [-0.05, 0) is 72.4 Å². The number of fused-ring (bicyclic) bond motifs is 1. The molecule has 0 saturated carbocycles. The molecule has 3 aromatic rings. The molecule has 30 heavy (non-hydrogen) atoms. The fourth-order valence-corrected chi connectivity index (χ4v) is 4.67. The molecule has 0 amide bonds. The van der Waals surface area contributed by atoms with Crippen LogP contribution in [-0.4, -0.2) is 38.6 Å². The molecule has 1 aliphatic heterocycles. The third kappa shape index (κ3) is 4.78. The lowest BCUT2D eigenvalue weighted by molar-refractivity contribution is 0.193. The van der Waals surface area contributed by atoms with Gasteiger partial charge in [0.25, 0.3) is 0 Å². The lowest BCUT2D eigenvalue weighted by atomic mass is 10.1.